The maximum absolute atomic E-state index is 13.4. The van der Waals surface area contributed by atoms with Crippen LogP contribution in [0.2, 0.25) is 0 Å². The molecular formula is C47H54N8O11. The van der Waals surface area contributed by atoms with Crippen molar-refractivity contribution in [2.24, 2.45) is 7.05 Å². The number of pyridine rings is 2. The number of carbonyl (C=O) groups is 6. The second kappa shape index (κ2) is 19.4. The number of amides is 5. The number of fused-ring (bicyclic) bond motifs is 2. The molecule has 3 saturated heterocycles. The number of benzene rings is 2. The normalized spacial score (nSPS) is 19.0. The van der Waals surface area contributed by atoms with E-state index in [1.54, 1.807) is 58.1 Å². The second-order valence-electron chi connectivity index (χ2n) is 17.3. The molecule has 19 heteroatoms. The Hall–Kier alpha value is -6.70. The topological polar surface area (TPSA) is 211 Å². The van der Waals surface area contributed by atoms with E-state index < -0.39 is 41.5 Å². The number of morpholine rings is 1. The quantitative estimate of drug-likeness (QED) is 0.0938. The van der Waals surface area contributed by atoms with Gasteiger partial charge < -0.3 is 33.7 Å². The fourth-order valence-electron chi connectivity index (χ4n) is 9.62. The van der Waals surface area contributed by atoms with E-state index in [0.29, 0.717) is 94.9 Å². The van der Waals surface area contributed by atoms with Crippen molar-refractivity contribution < 1.29 is 47.7 Å². The number of nitrogens with one attached hydrogen (secondary N) is 2. The minimum atomic E-state index is -1.03. The van der Waals surface area contributed by atoms with Crippen LogP contribution in [0.4, 0.5) is 5.69 Å². The molecule has 348 valence electrons. The van der Waals surface area contributed by atoms with Crippen molar-refractivity contribution in [2.45, 2.75) is 62.9 Å². The van der Waals surface area contributed by atoms with Gasteiger partial charge in [0.25, 0.3) is 23.8 Å². The molecule has 1 spiro atoms. The highest BCUT2D eigenvalue weighted by Gasteiger charge is 2.46. The number of anilines is 1. The number of aromatic nitrogens is 2. The lowest BCUT2D eigenvalue weighted by Crippen LogP contribution is -2.59. The molecule has 8 rings (SSSR count). The number of hydrogen-bond donors (Lipinski definition) is 2. The van der Waals surface area contributed by atoms with Crippen LogP contribution in [-0.2, 0) is 42.2 Å². The summed E-state index contributed by atoms with van der Waals surface area (Å²) in [4.78, 5) is 99.7. The van der Waals surface area contributed by atoms with E-state index in [4.69, 9.17) is 18.9 Å². The molecule has 66 heavy (non-hydrogen) atoms. The summed E-state index contributed by atoms with van der Waals surface area (Å²) in [6.45, 7) is 4.08. The van der Waals surface area contributed by atoms with Crippen LogP contribution < -0.4 is 30.6 Å². The Balaban J connectivity index is 0.822. The number of imide groups is 2. The first-order chi connectivity index (χ1) is 31.8. The molecule has 2 atom stereocenters. The van der Waals surface area contributed by atoms with Crippen LogP contribution in [0, 0.1) is 0 Å². The minimum Gasteiger partial charge on any atom is -0.496 e. The fourth-order valence-corrected chi connectivity index (χ4v) is 9.62. The van der Waals surface area contributed by atoms with Crippen molar-refractivity contribution in [2.75, 3.05) is 72.0 Å². The van der Waals surface area contributed by atoms with Gasteiger partial charge in [-0.2, -0.15) is 0 Å². The zero-order chi connectivity index (χ0) is 46.7. The highest BCUT2D eigenvalue weighted by Crippen LogP contribution is 2.39. The summed E-state index contributed by atoms with van der Waals surface area (Å²) in [6.07, 6.45) is 7.02. The lowest BCUT2D eigenvalue weighted by molar-refractivity contribution is -0.174. The van der Waals surface area contributed by atoms with Crippen LogP contribution in [0.5, 0.6) is 11.5 Å². The van der Waals surface area contributed by atoms with Gasteiger partial charge in [0.2, 0.25) is 17.7 Å². The number of likely N-dealkylation sites (N-methyl/N-ethyl adjacent to an activating group) is 1. The Morgan fingerprint density at radius 3 is 2.45 bits per heavy atom. The van der Waals surface area contributed by atoms with Gasteiger partial charge in [-0.15, -0.1) is 0 Å². The number of rotatable bonds is 16. The van der Waals surface area contributed by atoms with E-state index in [2.05, 4.69) is 25.4 Å². The predicted octanol–water partition coefficient (Wildman–Crippen LogP) is 2.22. The van der Waals surface area contributed by atoms with Crippen LogP contribution >= 0.6 is 0 Å². The minimum absolute atomic E-state index is 0.0511. The van der Waals surface area contributed by atoms with Crippen LogP contribution in [0.15, 0.2) is 59.8 Å². The molecule has 0 bridgehead atoms. The predicted molar refractivity (Wildman–Crippen MR) is 240 cm³/mol. The summed E-state index contributed by atoms with van der Waals surface area (Å²) < 4.78 is 25.2. The third kappa shape index (κ3) is 9.23. The first kappa shape index (κ1) is 45.9. The molecule has 2 aromatic heterocycles. The van der Waals surface area contributed by atoms with Gasteiger partial charge in [0, 0.05) is 89.0 Å². The molecule has 0 radical (unpaired) electrons. The van der Waals surface area contributed by atoms with Crippen LogP contribution in [0.25, 0.3) is 21.9 Å². The van der Waals surface area contributed by atoms with Crippen molar-refractivity contribution in [3.05, 3.63) is 82.0 Å². The molecule has 4 aromatic rings. The van der Waals surface area contributed by atoms with E-state index in [0.717, 1.165) is 32.7 Å². The molecule has 4 aliphatic heterocycles. The molecule has 0 saturated carbocycles. The Labute approximate surface area is 380 Å². The van der Waals surface area contributed by atoms with Crippen LogP contribution in [-0.4, -0.2) is 145 Å². The maximum Gasteiger partial charge on any atom is 0.294 e. The standard InChI is InChI=1S/C47H54N8O11/c1-51(24-36-38(63-3)20-29(21-39(36)64-4)35-25-52(2)44(60)34-23-48-15-11-31(34)35)26-41(58)49-14-5-6-42(65-28-56)54-18-19-66-47(27-54)12-16-53(17-13-47)30-7-8-32-33(22-30)46(62)55(45(32)61)37-9-10-40(57)50-43(37)59/h7-8,11,15,20-23,25,28,37,42H,5-6,9-10,12-14,16-19,24,26-27H2,1-4H3,(H,49,58)(H,50,57,59). The summed E-state index contributed by atoms with van der Waals surface area (Å²) in [7, 11) is 6.69. The summed E-state index contributed by atoms with van der Waals surface area (Å²) in [5.74, 6) is -1.20. The Kier molecular flexibility index (Phi) is 13.5. The molecule has 5 amide bonds. The molecular weight excluding hydrogens is 853 g/mol. The lowest BCUT2D eigenvalue weighted by Gasteiger charge is -2.49. The highest BCUT2D eigenvalue weighted by molar-refractivity contribution is 6.23. The van der Waals surface area contributed by atoms with Crippen molar-refractivity contribution in [1.29, 1.82) is 0 Å². The second-order valence-corrected chi connectivity index (χ2v) is 17.3. The number of methoxy groups -OCH3 is 2. The number of hydrogen-bond acceptors (Lipinski definition) is 15. The lowest BCUT2D eigenvalue weighted by atomic mass is 9.88. The molecule has 2 N–H and O–H groups in total. The zero-order valence-electron chi connectivity index (χ0n) is 37.5. The van der Waals surface area contributed by atoms with Gasteiger partial charge in [-0.25, -0.2) is 0 Å². The number of carbonyl (C=O) groups excluding carboxylic acids is 6. The average molecular weight is 907 g/mol. The van der Waals surface area contributed by atoms with E-state index in [9.17, 15) is 33.6 Å². The number of nitrogens with zero attached hydrogens (tertiary/aromatic N) is 6. The smallest absolute Gasteiger partial charge is 0.294 e. The summed E-state index contributed by atoms with van der Waals surface area (Å²) >= 11 is 0. The number of piperidine rings is 2. The van der Waals surface area contributed by atoms with E-state index >= 15 is 0 Å². The van der Waals surface area contributed by atoms with Gasteiger partial charge in [-0.3, -0.25) is 58.6 Å². The summed E-state index contributed by atoms with van der Waals surface area (Å²) in [5.41, 5.74) is 2.98. The Bertz CT molecular complexity index is 2600. The van der Waals surface area contributed by atoms with Crippen LogP contribution in [0.1, 0.15) is 64.8 Å². The first-order valence-electron chi connectivity index (χ1n) is 22.0. The van der Waals surface area contributed by atoms with E-state index in [1.165, 1.54) is 4.57 Å². The molecule has 4 aliphatic rings. The van der Waals surface area contributed by atoms with E-state index in [1.807, 2.05) is 30.1 Å². The number of ether oxygens (including phenoxy) is 4. The van der Waals surface area contributed by atoms with Gasteiger partial charge in [0.1, 0.15) is 17.5 Å². The highest BCUT2D eigenvalue weighted by atomic mass is 16.5. The van der Waals surface area contributed by atoms with E-state index in [-0.39, 0.29) is 42.0 Å². The maximum atomic E-state index is 13.4. The molecule has 3 fully saturated rings. The van der Waals surface area contributed by atoms with Gasteiger partial charge in [0.05, 0.1) is 55.0 Å². The van der Waals surface area contributed by atoms with Crippen LogP contribution in [0.3, 0.4) is 0 Å². The molecule has 2 aromatic carbocycles. The van der Waals surface area contributed by atoms with Crippen molar-refractivity contribution in [3.8, 4) is 22.6 Å². The molecule has 19 nitrogen and oxygen atoms in total. The average Bonchev–Trinajstić information content (AvgIpc) is 3.56. The van der Waals surface area contributed by atoms with Crippen molar-refractivity contribution in [3.63, 3.8) is 0 Å². The zero-order valence-corrected chi connectivity index (χ0v) is 37.5. The van der Waals surface area contributed by atoms with Gasteiger partial charge >= 0.3 is 0 Å². The fraction of sp³-hybridized carbons (Fsp3) is 0.447. The third-order valence-electron chi connectivity index (χ3n) is 13.1. The molecule has 6 heterocycles. The Morgan fingerprint density at radius 1 is 1.00 bits per heavy atom. The third-order valence-corrected chi connectivity index (χ3v) is 13.1. The molecule has 0 aliphatic carbocycles. The van der Waals surface area contributed by atoms with Gasteiger partial charge in [0.15, 0.2) is 6.23 Å². The van der Waals surface area contributed by atoms with Crippen molar-refractivity contribution >= 4 is 52.5 Å². The Morgan fingerprint density at radius 2 is 1.74 bits per heavy atom. The van der Waals surface area contributed by atoms with Crippen molar-refractivity contribution in [1.82, 2.24) is 34.9 Å². The molecule has 2 unspecified atom stereocenters. The largest absolute Gasteiger partial charge is 0.496 e. The monoisotopic (exact) mass is 906 g/mol. The van der Waals surface area contributed by atoms with Gasteiger partial charge in [-0.05, 0) is 80.1 Å². The summed E-state index contributed by atoms with van der Waals surface area (Å²) in [6, 6.07) is 9.70. The SMILES string of the molecule is COc1cc(-c2cn(C)c(=O)c3cnccc23)cc(OC)c1CN(C)CC(=O)NCCCC(OC=O)N1CCOC2(CCN(c3ccc4c(c3)C(=O)N(C3CCC(=O)NC3=O)C4=O)CC2)C1. The van der Waals surface area contributed by atoms with Gasteiger partial charge in [-0.1, -0.05) is 0 Å². The number of aryl methyl sites for hydroxylation is 1. The summed E-state index contributed by atoms with van der Waals surface area (Å²) in [5, 5.41) is 6.47. The first-order valence-corrected chi connectivity index (χ1v) is 22.0.